The number of carbonyl (C=O) groups excluding carboxylic acids is 1. The van der Waals surface area contributed by atoms with E-state index in [-0.39, 0.29) is 17.9 Å². The minimum absolute atomic E-state index is 0.00406. The van der Waals surface area contributed by atoms with E-state index in [1.165, 1.54) is 10.9 Å². The smallest absolute Gasteiger partial charge is 0.246 e. The third-order valence-corrected chi connectivity index (χ3v) is 3.97. The summed E-state index contributed by atoms with van der Waals surface area (Å²) in [5.41, 5.74) is 1.09. The van der Waals surface area contributed by atoms with Crippen molar-refractivity contribution in [1.82, 2.24) is 9.78 Å². The molecule has 1 amide bonds. The Kier molecular flexibility index (Phi) is 5.63. The van der Waals surface area contributed by atoms with Gasteiger partial charge in [0.1, 0.15) is 12.3 Å². The zero-order valence-electron chi connectivity index (χ0n) is 14.6. The Hall–Kier alpha value is -3.15. The van der Waals surface area contributed by atoms with Gasteiger partial charge in [-0.1, -0.05) is 37.6 Å². The normalized spacial score (nSPS) is 10.7. The van der Waals surface area contributed by atoms with Gasteiger partial charge in [-0.05, 0) is 30.7 Å². The van der Waals surface area contributed by atoms with Crippen molar-refractivity contribution in [2.75, 3.05) is 11.9 Å². The molecule has 1 aromatic heterocycles. The molecule has 0 aliphatic carbocycles. The van der Waals surface area contributed by atoms with Crippen LogP contribution in [0, 0.1) is 0 Å². The van der Waals surface area contributed by atoms with Crippen LogP contribution < -0.4 is 15.5 Å². The quantitative estimate of drug-likeness (QED) is 0.663. The van der Waals surface area contributed by atoms with Crippen molar-refractivity contribution in [3.05, 3.63) is 65.0 Å². The lowest BCUT2D eigenvalue weighted by molar-refractivity contribution is -0.116. The zero-order chi connectivity index (χ0) is 18.4. The summed E-state index contributed by atoms with van der Waals surface area (Å²) in [7, 11) is 0. The van der Waals surface area contributed by atoms with Gasteiger partial charge in [-0.15, -0.1) is 0 Å². The van der Waals surface area contributed by atoms with E-state index < -0.39 is 0 Å². The fourth-order valence-corrected chi connectivity index (χ4v) is 2.63. The topological polar surface area (TPSA) is 73.2 Å². The second-order valence-electron chi connectivity index (χ2n) is 5.93. The van der Waals surface area contributed by atoms with Crippen LogP contribution in [0.25, 0.3) is 10.9 Å². The second kappa shape index (κ2) is 8.29. The SMILES string of the molecule is CCCCOc1ccccc1NC(=O)Cn1ncc(=O)c2ccccc21. The summed E-state index contributed by atoms with van der Waals surface area (Å²) in [6.07, 6.45) is 3.23. The van der Waals surface area contributed by atoms with Crippen LogP contribution in [0.5, 0.6) is 5.75 Å². The van der Waals surface area contributed by atoms with Crippen molar-refractivity contribution in [1.29, 1.82) is 0 Å². The molecule has 0 unspecified atom stereocenters. The van der Waals surface area contributed by atoms with Gasteiger partial charge in [0.2, 0.25) is 11.3 Å². The molecule has 1 heterocycles. The number of carbonyl (C=O) groups is 1. The first-order chi connectivity index (χ1) is 12.7. The van der Waals surface area contributed by atoms with E-state index in [0.717, 1.165) is 12.8 Å². The third-order valence-electron chi connectivity index (χ3n) is 3.97. The van der Waals surface area contributed by atoms with Crippen LogP contribution in [-0.4, -0.2) is 22.3 Å². The molecule has 3 aromatic rings. The van der Waals surface area contributed by atoms with Crippen molar-refractivity contribution in [3.63, 3.8) is 0 Å². The molecule has 26 heavy (non-hydrogen) atoms. The number of hydrogen-bond donors (Lipinski definition) is 1. The summed E-state index contributed by atoms with van der Waals surface area (Å²) in [6, 6.07) is 14.5. The number of unbranched alkanes of at least 4 members (excludes halogenated alkanes) is 1. The van der Waals surface area contributed by atoms with Crippen molar-refractivity contribution in [2.24, 2.45) is 0 Å². The van der Waals surface area contributed by atoms with E-state index >= 15 is 0 Å². The van der Waals surface area contributed by atoms with Crippen LogP contribution in [0.2, 0.25) is 0 Å². The fraction of sp³-hybridized carbons (Fsp3) is 0.250. The molecule has 6 heteroatoms. The summed E-state index contributed by atoms with van der Waals surface area (Å²) < 4.78 is 7.26. The van der Waals surface area contributed by atoms with Crippen molar-refractivity contribution >= 4 is 22.5 Å². The third kappa shape index (κ3) is 4.08. The first-order valence-electron chi connectivity index (χ1n) is 8.65. The maximum atomic E-state index is 12.5. The summed E-state index contributed by atoms with van der Waals surface area (Å²) >= 11 is 0. The van der Waals surface area contributed by atoms with E-state index in [1.54, 1.807) is 24.3 Å². The molecule has 0 aliphatic rings. The van der Waals surface area contributed by atoms with E-state index in [2.05, 4.69) is 17.3 Å². The summed E-state index contributed by atoms with van der Waals surface area (Å²) in [5, 5.41) is 7.49. The Morgan fingerprint density at radius 2 is 1.92 bits per heavy atom. The molecular formula is C20H21N3O3. The highest BCUT2D eigenvalue weighted by atomic mass is 16.5. The number of aromatic nitrogens is 2. The Bertz CT molecular complexity index is 966. The molecule has 0 radical (unpaired) electrons. The molecule has 0 spiro atoms. The van der Waals surface area contributed by atoms with Crippen LogP contribution in [0.4, 0.5) is 5.69 Å². The molecule has 0 aliphatic heterocycles. The van der Waals surface area contributed by atoms with Gasteiger partial charge in [-0.25, -0.2) is 0 Å². The Morgan fingerprint density at radius 1 is 1.15 bits per heavy atom. The van der Waals surface area contributed by atoms with Gasteiger partial charge < -0.3 is 10.1 Å². The number of benzene rings is 2. The van der Waals surface area contributed by atoms with E-state index in [1.807, 2.05) is 24.3 Å². The number of anilines is 1. The molecule has 0 saturated heterocycles. The number of ether oxygens (including phenoxy) is 1. The second-order valence-corrected chi connectivity index (χ2v) is 5.93. The maximum absolute atomic E-state index is 12.5. The van der Waals surface area contributed by atoms with Crippen LogP contribution >= 0.6 is 0 Å². The van der Waals surface area contributed by atoms with Gasteiger partial charge >= 0.3 is 0 Å². The molecule has 0 bridgehead atoms. The number of rotatable bonds is 7. The average Bonchev–Trinajstić information content (AvgIpc) is 2.66. The first-order valence-corrected chi connectivity index (χ1v) is 8.65. The predicted molar refractivity (Wildman–Crippen MR) is 101 cm³/mol. The van der Waals surface area contributed by atoms with E-state index in [9.17, 15) is 9.59 Å². The number of para-hydroxylation sites is 3. The van der Waals surface area contributed by atoms with Crippen LogP contribution in [0.1, 0.15) is 19.8 Å². The van der Waals surface area contributed by atoms with Crippen LogP contribution in [0.15, 0.2) is 59.5 Å². The highest BCUT2D eigenvalue weighted by Gasteiger charge is 2.11. The molecular weight excluding hydrogens is 330 g/mol. The number of nitrogens with zero attached hydrogens (tertiary/aromatic N) is 2. The average molecular weight is 351 g/mol. The zero-order valence-corrected chi connectivity index (χ0v) is 14.6. The highest BCUT2D eigenvalue weighted by Crippen LogP contribution is 2.24. The largest absolute Gasteiger partial charge is 0.491 e. The molecule has 134 valence electrons. The summed E-state index contributed by atoms with van der Waals surface area (Å²) in [6.45, 7) is 2.71. The van der Waals surface area contributed by atoms with E-state index in [4.69, 9.17) is 4.74 Å². The van der Waals surface area contributed by atoms with Gasteiger partial charge in [0.25, 0.3) is 0 Å². The molecule has 0 saturated carbocycles. The summed E-state index contributed by atoms with van der Waals surface area (Å²) in [4.78, 5) is 24.4. The molecule has 0 fully saturated rings. The maximum Gasteiger partial charge on any atom is 0.246 e. The van der Waals surface area contributed by atoms with Gasteiger partial charge in [-0.3, -0.25) is 14.3 Å². The number of nitrogens with one attached hydrogen (secondary N) is 1. The standard InChI is InChI=1S/C20H21N3O3/c1-2-3-12-26-19-11-7-5-9-16(19)22-20(25)14-23-17-10-6-4-8-15(17)18(24)13-21-23/h4-11,13H,2-3,12,14H2,1H3,(H,22,25). The lowest BCUT2D eigenvalue weighted by Crippen LogP contribution is -2.22. The van der Waals surface area contributed by atoms with Gasteiger partial charge in [-0.2, -0.15) is 5.10 Å². The van der Waals surface area contributed by atoms with Crippen molar-refractivity contribution < 1.29 is 9.53 Å². The fourth-order valence-electron chi connectivity index (χ4n) is 2.63. The van der Waals surface area contributed by atoms with Gasteiger partial charge in [0.15, 0.2) is 0 Å². The minimum Gasteiger partial charge on any atom is -0.491 e. The van der Waals surface area contributed by atoms with Crippen LogP contribution in [-0.2, 0) is 11.3 Å². The van der Waals surface area contributed by atoms with E-state index in [0.29, 0.717) is 28.9 Å². The minimum atomic E-state index is -0.238. The predicted octanol–water partition coefficient (Wildman–Crippen LogP) is 3.21. The van der Waals surface area contributed by atoms with Crippen molar-refractivity contribution in [3.8, 4) is 5.75 Å². The number of hydrogen-bond acceptors (Lipinski definition) is 4. The molecule has 2 aromatic carbocycles. The van der Waals surface area contributed by atoms with Crippen LogP contribution in [0.3, 0.4) is 0 Å². The molecule has 6 nitrogen and oxygen atoms in total. The Morgan fingerprint density at radius 3 is 2.77 bits per heavy atom. The number of fused-ring (bicyclic) bond motifs is 1. The summed E-state index contributed by atoms with van der Waals surface area (Å²) in [5.74, 6) is 0.407. The lowest BCUT2D eigenvalue weighted by Gasteiger charge is -2.13. The Balaban J connectivity index is 1.76. The lowest BCUT2D eigenvalue weighted by atomic mass is 10.2. The first kappa shape index (κ1) is 17.7. The Labute approximate surface area is 151 Å². The van der Waals surface area contributed by atoms with Crippen molar-refractivity contribution in [2.45, 2.75) is 26.3 Å². The van der Waals surface area contributed by atoms with Gasteiger partial charge in [0.05, 0.1) is 24.0 Å². The molecule has 1 N–H and O–H groups in total. The highest BCUT2D eigenvalue weighted by molar-refractivity contribution is 5.93. The molecule has 0 atom stereocenters. The van der Waals surface area contributed by atoms with Gasteiger partial charge in [0, 0.05) is 5.39 Å². The monoisotopic (exact) mass is 351 g/mol. The number of amides is 1. The molecule has 3 rings (SSSR count).